The minimum absolute atomic E-state index is 0.0150. The van der Waals surface area contributed by atoms with Crippen LogP contribution in [0.3, 0.4) is 0 Å². The van der Waals surface area contributed by atoms with E-state index in [9.17, 15) is 4.79 Å². The molecule has 4 aromatic rings. The number of Topliss-reactive ketones (excluding diaryl/α,β-unsaturated/α-hetero) is 1. The summed E-state index contributed by atoms with van der Waals surface area (Å²) in [6, 6.07) is 17.8. The monoisotopic (exact) mass is 414 g/mol. The Morgan fingerprint density at radius 1 is 1.00 bits per heavy atom. The van der Waals surface area contributed by atoms with E-state index in [2.05, 4.69) is 10.2 Å². The fourth-order valence-electron chi connectivity index (χ4n) is 4.38. The lowest BCUT2D eigenvalue weighted by Gasteiger charge is -2.24. The van der Waals surface area contributed by atoms with Gasteiger partial charge in [-0.05, 0) is 23.6 Å². The molecule has 156 valence electrons. The van der Waals surface area contributed by atoms with Gasteiger partial charge < -0.3 is 9.47 Å². The summed E-state index contributed by atoms with van der Waals surface area (Å²) in [4.78, 5) is 13.0. The van der Waals surface area contributed by atoms with Crippen LogP contribution in [0.2, 0.25) is 0 Å². The Labute approximate surface area is 179 Å². The molecular formula is C24H22N4O3. The molecule has 7 nitrogen and oxygen atoms in total. The lowest BCUT2D eigenvalue weighted by Crippen LogP contribution is -2.24. The molecule has 0 radical (unpaired) electrons. The summed E-state index contributed by atoms with van der Waals surface area (Å²) in [5, 5.41) is 13.5. The number of para-hydroxylation sites is 1. The number of benzene rings is 2. The van der Waals surface area contributed by atoms with Gasteiger partial charge in [-0.2, -0.15) is 5.10 Å². The second kappa shape index (κ2) is 7.92. The first-order valence-electron chi connectivity index (χ1n) is 10.2. The molecule has 0 N–H and O–H groups in total. The Hall–Kier alpha value is -3.58. The highest BCUT2D eigenvalue weighted by atomic mass is 16.5. The maximum absolute atomic E-state index is 13.0. The van der Waals surface area contributed by atoms with E-state index < -0.39 is 0 Å². The van der Waals surface area contributed by atoms with Crippen LogP contribution in [0.15, 0.2) is 54.6 Å². The number of nitrogens with zero attached hydrogens (tertiary/aromatic N) is 4. The van der Waals surface area contributed by atoms with Crippen molar-refractivity contribution in [3.05, 3.63) is 77.2 Å². The first kappa shape index (κ1) is 19.4. The van der Waals surface area contributed by atoms with Crippen LogP contribution in [0.25, 0.3) is 16.8 Å². The van der Waals surface area contributed by atoms with E-state index in [0.29, 0.717) is 30.8 Å². The summed E-state index contributed by atoms with van der Waals surface area (Å²) in [7, 11) is 3.29. The molecule has 0 saturated heterocycles. The van der Waals surface area contributed by atoms with Gasteiger partial charge in [-0.3, -0.25) is 4.79 Å². The van der Waals surface area contributed by atoms with Crippen LogP contribution in [0.4, 0.5) is 0 Å². The zero-order chi connectivity index (χ0) is 21.4. The molecule has 0 spiro atoms. The van der Waals surface area contributed by atoms with Crippen LogP contribution < -0.4 is 4.74 Å². The predicted molar refractivity (Wildman–Crippen MR) is 115 cm³/mol. The van der Waals surface area contributed by atoms with Gasteiger partial charge >= 0.3 is 0 Å². The maximum atomic E-state index is 13.0. The lowest BCUT2D eigenvalue weighted by molar-refractivity contribution is 0.0955. The number of hydrogen-bond donors (Lipinski definition) is 0. The third kappa shape index (κ3) is 3.27. The number of ketones is 1. The Kier molecular flexibility index (Phi) is 4.95. The maximum Gasteiger partial charge on any atom is 0.185 e. The van der Waals surface area contributed by atoms with Crippen LogP contribution >= 0.6 is 0 Å². The Morgan fingerprint density at radius 2 is 1.77 bits per heavy atom. The minimum atomic E-state index is -0.0309. The molecule has 0 fully saturated rings. The van der Waals surface area contributed by atoms with Gasteiger partial charge in [0.1, 0.15) is 5.75 Å². The second-order valence-corrected chi connectivity index (χ2v) is 7.62. The quantitative estimate of drug-likeness (QED) is 0.493. The fraction of sp³-hybridized carbons (Fsp3) is 0.250. The molecule has 0 amide bonds. The summed E-state index contributed by atoms with van der Waals surface area (Å²) >= 11 is 0. The van der Waals surface area contributed by atoms with Crippen molar-refractivity contribution < 1.29 is 14.3 Å². The van der Waals surface area contributed by atoms with Gasteiger partial charge in [0.15, 0.2) is 17.1 Å². The molecular weight excluding hydrogens is 392 g/mol. The normalized spacial score (nSPS) is 15.8. The van der Waals surface area contributed by atoms with Crippen LogP contribution in [0.1, 0.15) is 39.8 Å². The SMILES string of the molecule is COCc1nn2c3c(nnc2c1-c1ccccc1)C(=O)CC(c1ccccc1OC)C3. The number of fused-ring (bicyclic) bond motifs is 3. The third-order valence-electron chi connectivity index (χ3n) is 5.77. The van der Waals surface area contributed by atoms with E-state index in [-0.39, 0.29) is 11.7 Å². The summed E-state index contributed by atoms with van der Waals surface area (Å²) in [5.41, 5.74) is 5.45. The lowest BCUT2D eigenvalue weighted by atomic mass is 9.83. The van der Waals surface area contributed by atoms with Gasteiger partial charge in [0, 0.05) is 19.4 Å². The number of aromatic nitrogens is 4. The molecule has 0 saturated carbocycles. The molecule has 2 heterocycles. The Balaban J connectivity index is 1.68. The highest BCUT2D eigenvalue weighted by Gasteiger charge is 2.33. The van der Waals surface area contributed by atoms with Crippen molar-refractivity contribution in [3.8, 4) is 16.9 Å². The first-order valence-corrected chi connectivity index (χ1v) is 10.2. The van der Waals surface area contributed by atoms with E-state index in [4.69, 9.17) is 14.6 Å². The molecule has 1 aliphatic carbocycles. The van der Waals surface area contributed by atoms with E-state index in [1.54, 1.807) is 18.7 Å². The molecule has 5 rings (SSSR count). The van der Waals surface area contributed by atoms with E-state index in [1.807, 2.05) is 54.6 Å². The smallest absolute Gasteiger partial charge is 0.185 e. The van der Waals surface area contributed by atoms with Gasteiger partial charge in [-0.15, -0.1) is 10.2 Å². The Morgan fingerprint density at radius 3 is 2.55 bits per heavy atom. The standard InChI is InChI=1S/C24H22N4O3/c1-30-14-18-22(15-8-4-3-5-9-15)24-26-25-23-19(28(24)27-18)12-16(13-20(23)29)17-10-6-7-11-21(17)31-2/h3-11,16H,12-14H2,1-2H3. The van der Waals surface area contributed by atoms with Gasteiger partial charge in [-0.25, -0.2) is 4.52 Å². The summed E-state index contributed by atoms with van der Waals surface area (Å²) in [5.74, 6) is 0.739. The van der Waals surface area contributed by atoms with Crippen LogP contribution in [0, 0.1) is 0 Å². The highest BCUT2D eigenvalue weighted by Crippen LogP contribution is 2.37. The van der Waals surface area contributed by atoms with Gasteiger partial charge in [0.05, 0.1) is 30.7 Å². The van der Waals surface area contributed by atoms with Crippen molar-refractivity contribution >= 4 is 11.4 Å². The number of carbonyl (C=O) groups is 1. The number of hydrogen-bond acceptors (Lipinski definition) is 6. The van der Waals surface area contributed by atoms with Gasteiger partial charge in [-0.1, -0.05) is 48.5 Å². The average Bonchev–Trinajstić information content (AvgIpc) is 3.18. The molecule has 0 bridgehead atoms. The molecule has 1 unspecified atom stereocenters. The van der Waals surface area contributed by atoms with Crippen molar-refractivity contribution in [2.45, 2.75) is 25.4 Å². The number of ether oxygens (including phenoxy) is 2. The zero-order valence-corrected chi connectivity index (χ0v) is 17.4. The predicted octanol–water partition coefficient (Wildman–Crippen LogP) is 3.86. The zero-order valence-electron chi connectivity index (χ0n) is 17.4. The van der Waals surface area contributed by atoms with Crippen molar-refractivity contribution in [1.29, 1.82) is 0 Å². The Bertz CT molecular complexity index is 1270. The largest absolute Gasteiger partial charge is 0.496 e. The highest BCUT2D eigenvalue weighted by molar-refractivity contribution is 5.97. The molecule has 31 heavy (non-hydrogen) atoms. The third-order valence-corrected chi connectivity index (χ3v) is 5.77. The summed E-state index contributed by atoms with van der Waals surface area (Å²) < 4.78 is 12.7. The van der Waals surface area contributed by atoms with Crippen molar-refractivity contribution in [2.75, 3.05) is 14.2 Å². The van der Waals surface area contributed by atoms with Crippen molar-refractivity contribution in [2.24, 2.45) is 0 Å². The number of rotatable bonds is 5. The second-order valence-electron chi connectivity index (χ2n) is 7.62. The average molecular weight is 414 g/mol. The molecule has 1 atom stereocenters. The van der Waals surface area contributed by atoms with Gasteiger partial charge in [0.25, 0.3) is 0 Å². The topological polar surface area (TPSA) is 78.6 Å². The number of methoxy groups -OCH3 is 2. The van der Waals surface area contributed by atoms with E-state index in [0.717, 1.165) is 33.8 Å². The molecule has 2 aromatic heterocycles. The van der Waals surface area contributed by atoms with Crippen LogP contribution in [-0.2, 0) is 17.8 Å². The molecule has 7 heteroatoms. The van der Waals surface area contributed by atoms with E-state index in [1.165, 1.54) is 0 Å². The van der Waals surface area contributed by atoms with E-state index >= 15 is 0 Å². The fourth-order valence-corrected chi connectivity index (χ4v) is 4.38. The summed E-state index contributed by atoms with van der Waals surface area (Å²) in [6.07, 6.45) is 0.987. The molecule has 0 aliphatic heterocycles. The minimum Gasteiger partial charge on any atom is -0.496 e. The van der Waals surface area contributed by atoms with Crippen molar-refractivity contribution in [1.82, 2.24) is 19.8 Å². The van der Waals surface area contributed by atoms with Crippen LogP contribution in [-0.4, -0.2) is 39.8 Å². The van der Waals surface area contributed by atoms with Gasteiger partial charge in [0.2, 0.25) is 0 Å². The first-order chi connectivity index (χ1) is 15.2. The summed E-state index contributed by atoms with van der Waals surface area (Å²) in [6.45, 7) is 0.340. The van der Waals surface area contributed by atoms with Crippen LogP contribution in [0.5, 0.6) is 5.75 Å². The van der Waals surface area contributed by atoms with Crippen molar-refractivity contribution in [3.63, 3.8) is 0 Å². The molecule has 2 aromatic carbocycles. The number of carbonyl (C=O) groups excluding carboxylic acids is 1. The molecule has 1 aliphatic rings.